The van der Waals surface area contributed by atoms with E-state index in [0.717, 1.165) is 11.8 Å². The van der Waals surface area contributed by atoms with Crippen molar-refractivity contribution in [3.05, 3.63) is 87.3 Å². The predicted molar refractivity (Wildman–Crippen MR) is 118 cm³/mol. The highest BCUT2D eigenvalue weighted by Crippen LogP contribution is 2.21. The highest BCUT2D eigenvalue weighted by molar-refractivity contribution is 7.99. The minimum absolute atomic E-state index is 0.0255. The minimum Gasteiger partial charge on any atom is -0.272 e. The number of benzene rings is 2. The van der Waals surface area contributed by atoms with E-state index in [1.54, 1.807) is 35.7 Å². The fraction of sp³-hybridized carbons (Fsp3) is 0.0476. The molecule has 0 atom stereocenters. The van der Waals surface area contributed by atoms with Crippen LogP contribution in [0.25, 0.3) is 16.6 Å². The molecular formula is C21H16N4O3S2. The van der Waals surface area contributed by atoms with Gasteiger partial charge in [-0.15, -0.1) is 11.3 Å². The number of carbonyl (C=O) groups excluding carboxylic acids is 2. The van der Waals surface area contributed by atoms with Crippen LogP contribution in [-0.2, 0) is 4.79 Å². The number of nitrogens with one attached hydrogen (secondary N) is 2. The number of carbonyl (C=O) groups is 2. The lowest BCUT2D eigenvalue weighted by molar-refractivity contribution is -0.119. The van der Waals surface area contributed by atoms with Gasteiger partial charge in [0.1, 0.15) is 0 Å². The summed E-state index contributed by atoms with van der Waals surface area (Å²) in [6, 6.07) is 19.6. The number of amides is 2. The molecule has 2 amide bonds. The summed E-state index contributed by atoms with van der Waals surface area (Å²) in [5, 5.41) is 2.67. The summed E-state index contributed by atoms with van der Waals surface area (Å²) < 4.78 is 1.49. The van der Waals surface area contributed by atoms with E-state index in [9.17, 15) is 14.4 Å². The van der Waals surface area contributed by atoms with Crippen LogP contribution >= 0.6 is 23.1 Å². The standard InChI is InChI=1S/C21H16N4O3S2/c26-18(23-24-19(27)17-11-6-12-29-17)13-30-21-22-16-10-5-4-9-15(16)20(28)25(21)14-7-2-1-3-8-14/h1-12H,13H2,(H,23,26)(H,24,27). The van der Waals surface area contributed by atoms with Crippen LogP contribution in [0.4, 0.5) is 0 Å². The largest absolute Gasteiger partial charge is 0.279 e. The molecule has 0 unspecified atom stereocenters. The summed E-state index contributed by atoms with van der Waals surface area (Å²) in [5.74, 6) is -0.817. The van der Waals surface area contributed by atoms with Crippen LogP contribution in [-0.4, -0.2) is 27.1 Å². The number of fused-ring (bicyclic) bond motifs is 1. The first kappa shape index (κ1) is 19.9. The van der Waals surface area contributed by atoms with Gasteiger partial charge in [-0.05, 0) is 35.7 Å². The van der Waals surface area contributed by atoms with E-state index < -0.39 is 5.91 Å². The van der Waals surface area contributed by atoms with E-state index in [1.165, 1.54) is 15.9 Å². The Morgan fingerprint density at radius 1 is 0.967 bits per heavy atom. The van der Waals surface area contributed by atoms with Crippen molar-refractivity contribution in [3.8, 4) is 5.69 Å². The molecule has 150 valence electrons. The highest BCUT2D eigenvalue weighted by Gasteiger charge is 2.15. The lowest BCUT2D eigenvalue weighted by Crippen LogP contribution is -2.42. The molecule has 0 aliphatic rings. The summed E-state index contributed by atoms with van der Waals surface area (Å²) in [4.78, 5) is 42.3. The molecule has 0 aliphatic heterocycles. The van der Waals surface area contributed by atoms with Crippen LogP contribution in [0.15, 0.2) is 82.1 Å². The molecule has 0 fully saturated rings. The van der Waals surface area contributed by atoms with Gasteiger partial charge in [-0.3, -0.25) is 29.8 Å². The third-order valence-corrected chi connectivity index (χ3v) is 5.96. The predicted octanol–water partition coefficient (Wildman–Crippen LogP) is 3.00. The Labute approximate surface area is 179 Å². The number of thioether (sulfide) groups is 1. The molecule has 2 aromatic heterocycles. The molecule has 0 radical (unpaired) electrons. The lowest BCUT2D eigenvalue weighted by Gasteiger charge is -2.13. The Hall–Kier alpha value is -3.43. The summed E-state index contributed by atoms with van der Waals surface area (Å²) in [6.45, 7) is 0. The smallest absolute Gasteiger partial charge is 0.272 e. The van der Waals surface area contributed by atoms with Gasteiger partial charge in [-0.2, -0.15) is 0 Å². The van der Waals surface area contributed by atoms with E-state index in [2.05, 4.69) is 15.8 Å². The second-order valence-corrected chi connectivity index (χ2v) is 8.05. The van der Waals surface area contributed by atoms with Crippen LogP contribution in [0.5, 0.6) is 0 Å². The molecular weight excluding hydrogens is 420 g/mol. The first-order valence-corrected chi connectivity index (χ1v) is 10.8. The number of hydrogen-bond acceptors (Lipinski definition) is 6. The van der Waals surface area contributed by atoms with Crippen molar-refractivity contribution in [2.45, 2.75) is 5.16 Å². The molecule has 0 aliphatic carbocycles. The monoisotopic (exact) mass is 436 g/mol. The second-order valence-electron chi connectivity index (χ2n) is 6.16. The van der Waals surface area contributed by atoms with Gasteiger partial charge in [0.2, 0.25) is 5.91 Å². The average Bonchev–Trinajstić information content (AvgIpc) is 3.32. The number of para-hydroxylation sites is 2. The third-order valence-electron chi connectivity index (χ3n) is 4.15. The first-order chi connectivity index (χ1) is 14.6. The molecule has 0 bridgehead atoms. The maximum Gasteiger partial charge on any atom is 0.279 e. The number of nitrogens with zero attached hydrogens (tertiary/aromatic N) is 2. The summed E-state index contributed by atoms with van der Waals surface area (Å²) in [7, 11) is 0. The van der Waals surface area contributed by atoms with Gasteiger partial charge in [0.05, 0.1) is 27.2 Å². The quantitative estimate of drug-likeness (QED) is 0.285. The number of thiophene rings is 1. The van der Waals surface area contributed by atoms with Crippen molar-refractivity contribution >= 4 is 45.8 Å². The van der Waals surface area contributed by atoms with Crippen molar-refractivity contribution in [1.29, 1.82) is 0 Å². The minimum atomic E-state index is -0.410. The summed E-state index contributed by atoms with van der Waals surface area (Å²) in [6.07, 6.45) is 0. The van der Waals surface area contributed by atoms with Crippen molar-refractivity contribution in [3.63, 3.8) is 0 Å². The number of hydrazine groups is 1. The molecule has 0 saturated carbocycles. The SMILES string of the molecule is O=C(CSc1nc2ccccc2c(=O)n1-c1ccccc1)NNC(=O)c1cccs1. The van der Waals surface area contributed by atoms with Crippen molar-refractivity contribution in [2.24, 2.45) is 0 Å². The Morgan fingerprint density at radius 2 is 1.73 bits per heavy atom. The molecule has 0 saturated heterocycles. The van der Waals surface area contributed by atoms with Gasteiger partial charge < -0.3 is 0 Å². The van der Waals surface area contributed by atoms with Crippen molar-refractivity contribution in [1.82, 2.24) is 20.4 Å². The zero-order valence-corrected chi connectivity index (χ0v) is 17.2. The van der Waals surface area contributed by atoms with Crippen molar-refractivity contribution in [2.75, 3.05) is 5.75 Å². The van der Waals surface area contributed by atoms with Crippen LogP contribution in [0, 0.1) is 0 Å². The fourth-order valence-corrected chi connectivity index (χ4v) is 4.21. The second kappa shape index (κ2) is 8.93. The van der Waals surface area contributed by atoms with Crippen LogP contribution < -0.4 is 16.4 Å². The average molecular weight is 437 g/mol. The number of rotatable bonds is 5. The Balaban J connectivity index is 1.55. The fourth-order valence-electron chi connectivity index (χ4n) is 2.78. The van der Waals surface area contributed by atoms with Crippen LogP contribution in [0.2, 0.25) is 0 Å². The third kappa shape index (κ3) is 4.27. The van der Waals surface area contributed by atoms with E-state index in [4.69, 9.17) is 0 Å². The maximum absolute atomic E-state index is 13.1. The molecule has 4 aromatic rings. The molecule has 30 heavy (non-hydrogen) atoms. The molecule has 9 heteroatoms. The van der Waals surface area contributed by atoms with Crippen molar-refractivity contribution < 1.29 is 9.59 Å². The van der Waals surface area contributed by atoms with Crippen LogP contribution in [0.3, 0.4) is 0 Å². The van der Waals surface area contributed by atoms with Gasteiger partial charge in [-0.25, -0.2) is 4.98 Å². The van der Waals surface area contributed by atoms with Gasteiger partial charge in [0, 0.05) is 0 Å². The van der Waals surface area contributed by atoms with Crippen LogP contribution in [0.1, 0.15) is 9.67 Å². The number of aromatic nitrogens is 2. The Kier molecular flexibility index (Phi) is 5.92. The van der Waals surface area contributed by atoms with E-state index in [0.29, 0.717) is 26.6 Å². The zero-order valence-electron chi connectivity index (χ0n) is 15.6. The van der Waals surface area contributed by atoms with Gasteiger partial charge in [0.15, 0.2) is 5.16 Å². The normalized spacial score (nSPS) is 10.7. The van der Waals surface area contributed by atoms with E-state index in [1.807, 2.05) is 36.4 Å². The molecule has 7 nitrogen and oxygen atoms in total. The molecule has 2 heterocycles. The van der Waals surface area contributed by atoms with E-state index >= 15 is 0 Å². The van der Waals surface area contributed by atoms with Gasteiger partial charge in [-0.1, -0.05) is 48.2 Å². The molecule has 2 N–H and O–H groups in total. The Morgan fingerprint density at radius 3 is 2.50 bits per heavy atom. The summed E-state index contributed by atoms with van der Waals surface area (Å²) >= 11 is 2.40. The van der Waals surface area contributed by atoms with Gasteiger partial charge >= 0.3 is 0 Å². The number of hydrogen-bond donors (Lipinski definition) is 2. The highest BCUT2D eigenvalue weighted by atomic mass is 32.2. The Bertz CT molecular complexity index is 1250. The first-order valence-electron chi connectivity index (χ1n) is 8.96. The topological polar surface area (TPSA) is 93.1 Å². The zero-order chi connectivity index (χ0) is 20.9. The molecule has 0 spiro atoms. The molecule has 4 rings (SSSR count). The van der Waals surface area contributed by atoms with Gasteiger partial charge in [0.25, 0.3) is 11.5 Å². The summed E-state index contributed by atoms with van der Waals surface area (Å²) in [5.41, 5.74) is 5.78. The van der Waals surface area contributed by atoms with E-state index in [-0.39, 0.29) is 17.2 Å². The maximum atomic E-state index is 13.1. The molecule has 2 aromatic carbocycles. The lowest BCUT2D eigenvalue weighted by atomic mass is 10.2.